The summed E-state index contributed by atoms with van der Waals surface area (Å²) in [6, 6.07) is 23.9. The highest BCUT2D eigenvalue weighted by Crippen LogP contribution is 2.36. The molecule has 3 aromatic rings. The van der Waals surface area contributed by atoms with Crippen molar-refractivity contribution in [1.82, 2.24) is 4.90 Å². The van der Waals surface area contributed by atoms with Gasteiger partial charge in [0.15, 0.2) is 17.3 Å². The zero-order valence-electron chi connectivity index (χ0n) is 23.1. The Morgan fingerprint density at radius 3 is 2.54 bits per heavy atom. The summed E-state index contributed by atoms with van der Waals surface area (Å²) in [6.45, 7) is 3.47. The molecule has 0 radical (unpaired) electrons. The van der Waals surface area contributed by atoms with Gasteiger partial charge in [0.1, 0.15) is 0 Å². The second-order valence-electron chi connectivity index (χ2n) is 10.9. The van der Waals surface area contributed by atoms with Crippen LogP contribution in [0.15, 0.2) is 78.6 Å². The number of hydrogen-bond donors (Lipinski definition) is 0. The SMILES string of the molecule is Cc1cccc(CN2C(=O)/C(=C\c3ccc(C(=O)CCCN(C)C4CCCCC4)cc3)Oc3ccccc32)c1. The maximum atomic E-state index is 13.5. The average molecular weight is 523 g/mol. The Morgan fingerprint density at radius 1 is 1.00 bits per heavy atom. The summed E-state index contributed by atoms with van der Waals surface area (Å²) in [6.07, 6.45) is 9.74. The van der Waals surface area contributed by atoms with Gasteiger partial charge in [-0.1, -0.05) is 85.5 Å². The van der Waals surface area contributed by atoms with Crippen molar-refractivity contribution in [3.8, 4) is 5.75 Å². The quantitative estimate of drug-likeness (QED) is 0.220. The summed E-state index contributed by atoms with van der Waals surface area (Å²) in [4.78, 5) is 30.5. The van der Waals surface area contributed by atoms with Crippen LogP contribution in [0.3, 0.4) is 0 Å². The van der Waals surface area contributed by atoms with E-state index in [1.807, 2.05) is 73.7 Å². The minimum Gasteiger partial charge on any atom is -0.449 e. The average Bonchev–Trinajstić information content (AvgIpc) is 2.96. The number of anilines is 1. The zero-order chi connectivity index (χ0) is 27.2. The van der Waals surface area contributed by atoms with Crippen LogP contribution >= 0.6 is 0 Å². The number of aryl methyl sites for hydroxylation is 1. The lowest BCUT2D eigenvalue weighted by atomic mass is 9.94. The van der Waals surface area contributed by atoms with Crippen molar-refractivity contribution in [2.24, 2.45) is 0 Å². The van der Waals surface area contributed by atoms with Crippen LogP contribution in [0.1, 0.15) is 72.0 Å². The van der Waals surface area contributed by atoms with E-state index in [9.17, 15) is 9.59 Å². The molecule has 0 N–H and O–H groups in total. The van der Waals surface area contributed by atoms with Gasteiger partial charge < -0.3 is 9.64 Å². The van der Waals surface area contributed by atoms with Crippen molar-refractivity contribution >= 4 is 23.5 Å². The molecule has 0 aromatic heterocycles. The number of ether oxygens (including phenoxy) is 1. The highest BCUT2D eigenvalue weighted by Gasteiger charge is 2.30. The first kappa shape index (κ1) is 26.9. The van der Waals surface area contributed by atoms with E-state index in [-0.39, 0.29) is 17.4 Å². The smallest absolute Gasteiger partial charge is 0.294 e. The molecule has 0 unspecified atom stereocenters. The molecule has 0 atom stereocenters. The number of fused-ring (bicyclic) bond motifs is 1. The molecule has 5 nitrogen and oxygen atoms in total. The van der Waals surface area contributed by atoms with E-state index in [0.29, 0.717) is 30.3 Å². The Labute approximate surface area is 232 Å². The maximum Gasteiger partial charge on any atom is 0.294 e. The summed E-state index contributed by atoms with van der Waals surface area (Å²) < 4.78 is 6.04. The lowest BCUT2D eigenvalue weighted by molar-refractivity contribution is -0.117. The highest BCUT2D eigenvalue weighted by atomic mass is 16.5. The van der Waals surface area contributed by atoms with Crippen molar-refractivity contribution in [3.05, 3.63) is 101 Å². The second kappa shape index (κ2) is 12.4. The molecular weight excluding hydrogens is 484 g/mol. The first-order chi connectivity index (χ1) is 19.0. The number of carbonyl (C=O) groups excluding carboxylic acids is 2. The van der Waals surface area contributed by atoms with Gasteiger partial charge in [-0.25, -0.2) is 0 Å². The van der Waals surface area contributed by atoms with Crippen LogP contribution in [0.2, 0.25) is 0 Å². The number of nitrogens with zero attached hydrogens (tertiary/aromatic N) is 2. The molecule has 1 saturated carbocycles. The molecule has 39 heavy (non-hydrogen) atoms. The van der Waals surface area contributed by atoms with Crippen LogP contribution in [0.5, 0.6) is 5.75 Å². The van der Waals surface area contributed by atoms with Gasteiger partial charge in [-0.05, 0) is 69.1 Å². The van der Waals surface area contributed by atoms with E-state index in [1.54, 1.807) is 11.0 Å². The normalized spacial score (nSPS) is 16.8. The van der Waals surface area contributed by atoms with E-state index in [1.165, 1.54) is 32.1 Å². The first-order valence-electron chi connectivity index (χ1n) is 14.2. The van der Waals surface area contributed by atoms with Crippen LogP contribution < -0.4 is 9.64 Å². The zero-order valence-corrected chi connectivity index (χ0v) is 23.1. The molecule has 1 fully saturated rings. The number of Topliss-reactive ketones (excluding diaryl/α,β-unsaturated/α-hetero) is 1. The lowest BCUT2D eigenvalue weighted by Crippen LogP contribution is -2.36. The Balaban J connectivity index is 1.24. The van der Waals surface area contributed by atoms with E-state index >= 15 is 0 Å². The fraction of sp³-hybridized carbons (Fsp3) is 0.353. The Bertz CT molecular complexity index is 1340. The highest BCUT2D eigenvalue weighted by molar-refractivity contribution is 6.09. The van der Waals surface area contributed by atoms with Gasteiger partial charge >= 0.3 is 0 Å². The molecular formula is C34H38N2O3. The van der Waals surface area contributed by atoms with Crippen LogP contribution in [-0.4, -0.2) is 36.2 Å². The molecule has 1 heterocycles. The van der Waals surface area contributed by atoms with E-state index in [4.69, 9.17) is 4.74 Å². The largest absolute Gasteiger partial charge is 0.449 e. The van der Waals surface area contributed by atoms with Crippen molar-refractivity contribution in [2.45, 2.75) is 64.5 Å². The molecule has 0 spiro atoms. The van der Waals surface area contributed by atoms with Crippen LogP contribution in [0.4, 0.5) is 5.69 Å². The number of benzene rings is 3. The molecule has 0 saturated heterocycles. The number of para-hydroxylation sites is 2. The second-order valence-corrected chi connectivity index (χ2v) is 10.9. The van der Waals surface area contributed by atoms with Crippen molar-refractivity contribution in [3.63, 3.8) is 0 Å². The number of amides is 1. The van der Waals surface area contributed by atoms with E-state index < -0.39 is 0 Å². The topological polar surface area (TPSA) is 49.9 Å². The number of hydrogen-bond acceptors (Lipinski definition) is 4. The molecule has 5 rings (SSSR count). The number of rotatable bonds is 9. The van der Waals surface area contributed by atoms with Gasteiger partial charge in [-0.2, -0.15) is 0 Å². The van der Waals surface area contributed by atoms with Crippen molar-refractivity contribution in [1.29, 1.82) is 0 Å². The van der Waals surface area contributed by atoms with Crippen molar-refractivity contribution in [2.75, 3.05) is 18.5 Å². The predicted molar refractivity (Wildman–Crippen MR) is 157 cm³/mol. The molecule has 5 heteroatoms. The van der Waals surface area contributed by atoms with Crippen molar-refractivity contribution < 1.29 is 14.3 Å². The van der Waals surface area contributed by atoms with Crippen LogP contribution in [-0.2, 0) is 11.3 Å². The Morgan fingerprint density at radius 2 is 1.77 bits per heavy atom. The molecule has 0 bridgehead atoms. The number of carbonyl (C=O) groups is 2. The third-order valence-electron chi connectivity index (χ3n) is 7.90. The maximum absolute atomic E-state index is 13.5. The fourth-order valence-electron chi connectivity index (χ4n) is 5.67. The molecule has 1 aliphatic heterocycles. The minimum absolute atomic E-state index is 0.162. The molecule has 1 amide bonds. The molecule has 2 aliphatic rings. The summed E-state index contributed by atoms with van der Waals surface area (Å²) in [5, 5.41) is 0. The predicted octanol–water partition coefficient (Wildman–Crippen LogP) is 7.19. The Hall–Kier alpha value is -3.70. The number of ketones is 1. The monoisotopic (exact) mass is 522 g/mol. The van der Waals surface area contributed by atoms with Gasteiger partial charge in [0, 0.05) is 18.0 Å². The minimum atomic E-state index is -0.183. The van der Waals surface area contributed by atoms with E-state index in [0.717, 1.165) is 35.3 Å². The standard InChI is InChI=1S/C34H38N2O3/c1-25-10-8-11-27(22-25)24-36-30-14-6-7-16-32(30)39-33(34(36)38)23-26-17-19-28(20-18-26)31(37)15-9-21-35(2)29-12-4-3-5-13-29/h6-8,10-11,14,16-20,22-23,29H,3-5,9,12-13,15,21,24H2,1-2H3/b33-23+. The Kier molecular flexibility index (Phi) is 8.58. The first-order valence-corrected chi connectivity index (χ1v) is 14.2. The fourth-order valence-corrected chi connectivity index (χ4v) is 5.67. The lowest BCUT2D eigenvalue weighted by Gasteiger charge is -2.31. The van der Waals surface area contributed by atoms with Gasteiger partial charge in [0.05, 0.1) is 12.2 Å². The van der Waals surface area contributed by atoms with Gasteiger partial charge in [-0.3, -0.25) is 14.5 Å². The van der Waals surface area contributed by atoms with Gasteiger partial charge in [-0.15, -0.1) is 0 Å². The van der Waals surface area contributed by atoms with Crippen LogP contribution in [0, 0.1) is 6.92 Å². The van der Waals surface area contributed by atoms with Gasteiger partial charge in [0.2, 0.25) is 0 Å². The third kappa shape index (κ3) is 6.66. The van der Waals surface area contributed by atoms with Crippen LogP contribution in [0.25, 0.3) is 6.08 Å². The molecule has 1 aliphatic carbocycles. The summed E-state index contributed by atoms with van der Waals surface area (Å²) in [5.41, 5.74) is 4.51. The molecule has 3 aromatic carbocycles. The molecule has 202 valence electrons. The van der Waals surface area contributed by atoms with Gasteiger partial charge in [0.25, 0.3) is 5.91 Å². The summed E-state index contributed by atoms with van der Waals surface area (Å²) in [7, 11) is 2.19. The third-order valence-corrected chi connectivity index (χ3v) is 7.90. The van der Waals surface area contributed by atoms with E-state index in [2.05, 4.69) is 18.0 Å². The summed E-state index contributed by atoms with van der Waals surface area (Å²) >= 11 is 0. The summed E-state index contributed by atoms with van der Waals surface area (Å²) in [5.74, 6) is 0.902.